The zero-order valence-electron chi connectivity index (χ0n) is 19.2. The molecule has 1 atom stereocenters. The highest BCUT2D eigenvalue weighted by Gasteiger charge is 2.46. The number of aryl methyl sites for hydroxylation is 2. The van der Waals surface area contributed by atoms with Gasteiger partial charge in [-0.3, -0.25) is 9.59 Å². The molecule has 0 radical (unpaired) electrons. The highest BCUT2D eigenvalue weighted by Crippen LogP contribution is 2.40. The summed E-state index contributed by atoms with van der Waals surface area (Å²) in [6.07, 6.45) is 0. The lowest BCUT2D eigenvalue weighted by Gasteiger charge is -2.26. The van der Waals surface area contributed by atoms with Gasteiger partial charge in [-0.25, -0.2) is 0 Å². The average molecular weight is 422 g/mol. The van der Waals surface area contributed by atoms with E-state index in [1.54, 1.807) is 7.11 Å². The predicted octanol–water partition coefficient (Wildman–Crippen LogP) is 4.67. The maximum atomic E-state index is 13.1. The van der Waals surface area contributed by atoms with E-state index in [1.807, 2.05) is 56.3 Å². The smallest absolute Gasteiger partial charge is 0.295 e. The third-order valence-corrected chi connectivity index (χ3v) is 5.79. The predicted molar refractivity (Wildman–Crippen MR) is 122 cm³/mol. The van der Waals surface area contributed by atoms with Gasteiger partial charge in [0.2, 0.25) is 0 Å². The number of rotatable bonds is 5. The van der Waals surface area contributed by atoms with Crippen LogP contribution < -0.4 is 0 Å². The van der Waals surface area contributed by atoms with E-state index < -0.39 is 17.7 Å². The summed E-state index contributed by atoms with van der Waals surface area (Å²) in [7, 11) is 1.56. The van der Waals surface area contributed by atoms with Crippen molar-refractivity contribution in [1.29, 1.82) is 0 Å². The fraction of sp³-hybridized carbons (Fsp3) is 0.385. The molecule has 3 rings (SSSR count). The number of nitrogens with zero attached hydrogens (tertiary/aromatic N) is 1. The molecule has 1 aliphatic rings. The molecule has 1 fully saturated rings. The Morgan fingerprint density at radius 1 is 1.10 bits per heavy atom. The Kier molecular flexibility index (Phi) is 6.37. The Balaban J connectivity index is 2.24. The molecular formula is C26H31NO4. The number of aliphatic hydroxyl groups is 1. The molecule has 2 aromatic carbocycles. The summed E-state index contributed by atoms with van der Waals surface area (Å²) in [4.78, 5) is 27.5. The molecule has 1 N–H and O–H groups in total. The van der Waals surface area contributed by atoms with Crippen LogP contribution >= 0.6 is 0 Å². The normalized spacial score (nSPS) is 18.6. The molecule has 5 nitrogen and oxygen atoms in total. The van der Waals surface area contributed by atoms with Gasteiger partial charge in [-0.2, -0.15) is 0 Å². The number of likely N-dealkylation sites (tertiary alicyclic amines) is 1. The average Bonchev–Trinajstić information content (AvgIpc) is 2.96. The van der Waals surface area contributed by atoms with Gasteiger partial charge in [-0.05, 0) is 42.0 Å². The van der Waals surface area contributed by atoms with Crippen LogP contribution in [0.1, 0.15) is 54.6 Å². The number of ether oxygens (including phenoxy) is 1. The van der Waals surface area contributed by atoms with Crippen molar-refractivity contribution >= 4 is 17.4 Å². The van der Waals surface area contributed by atoms with Gasteiger partial charge in [-0.15, -0.1) is 0 Å². The second-order valence-corrected chi connectivity index (χ2v) is 9.18. The number of carbonyl (C=O) groups is 2. The molecule has 164 valence electrons. The minimum atomic E-state index is -0.666. The number of hydrogen-bond acceptors (Lipinski definition) is 4. The quantitative estimate of drug-likeness (QED) is 0.433. The number of ketones is 1. The highest BCUT2D eigenvalue weighted by atomic mass is 16.5. The van der Waals surface area contributed by atoms with E-state index in [1.165, 1.54) is 4.90 Å². The van der Waals surface area contributed by atoms with Gasteiger partial charge in [0.25, 0.3) is 11.7 Å². The maximum absolute atomic E-state index is 13.1. The molecular weight excluding hydrogens is 390 g/mol. The number of hydrogen-bond donors (Lipinski definition) is 1. The van der Waals surface area contributed by atoms with Crippen LogP contribution in [0.5, 0.6) is 0 Å². The Labute approximate surface area is 184 Å². The van der Waals surface area contributed by atoms with Crippen LogP contribution in [0, 0.1) is 13.8 Å². The lowest BCUT2D eigenvalue weighted by Crippen LogP contribution is -2.32. The molecule has 0 aliphatic carbocycles. The number of benzene rings is 2. The fourth-order valence-electron chi connectivity index (χ4n) is 3.98. The van der Waals surface area contributed by atoms with Crippen molar-refractivity contribution < 1.29 is 19.4 Å². The summed E-state index contributed by atoms with van der Waals surface area (Å²) >= 11 is 0. The first-order valence-corrected chi connectivity index (χ1v) is 10.5. The van der Waals surface area contributed by atoms with Crippen LogP contribution in [0.15, 0.2) is 48.0 Å². The molecule has 1 heterocycles. The number of Topliss-reactive ketones (excluding diaryl/α,β-unsaturated/α-hetero) is 1. The van der Waals surface area contributed by atoms with E-state index in [9.17, 15) is 14.7 Å². The van der Waals surface area contributed by atoms with Gasteiger partial charge in [0.15, 0.2) is 0 Å². The van der Waals surface area contributed by atoms with E-state index in [0.717, 1.165) is 22.3 Å². The minimum Gasteiger partial charge on any atom is -0.507 e. The van der Waals surface area contributed by atoms with Crippen LogP contribution in [0.4, 0.5) is 0 Å². The zero-order valence-corrected chi connectivity index (χ0v) is 19.2. The maximum Gasteiger partial charge on any atom is 0.295 e. The van der Waals surface area contributed by atoms with Gasteiger partial charge in [-0.1, -0.05) is 62.7 Å². The first-order chi connectivity index (χ1) is 14.6. The first-order valence-electron chi connectivity index (χ1n) is 10.5. The van der Waals surface area contributed by atoms with Crippen molar-refractivity contribution in [2.75, 3.05) is 20.3 Å². The van der Waals surface area contributed by atoms with E-state index in [-0.39, 0.29) is 23.3 Å². The van der Waals surface area contributed by atoms with Gasteiger partial charge in [0.1, 0.15) is 5.76 Å². The van der Waals surface area contributed by atoms with Crippen LogP contribution in [0.25, 0.3) is 5.76 Å². The van der Waals surface area contributed by atoms with Crippen molar-refractivity contribution in [3.63, 3.8) is 0 Å². The summed E-state index contributed by atoms with van der Waals surface area (Å²) in [5, 5.41) is 11.4. The van der Waals surface area contributed by atoms with Crippen LogP contribution in [0.2, 0.25) is 0 Å². The van der Waals surface area contributed by atoms with Gasteiger partial charge < -0.3 is 14.7 Å². The van der Waals surface area contributed by atoms with Gasteiger partial charge >= 0.3 is 0 Å². The number of amides is 1. The van der Waals surface area contributed by atoms with E-state index in [0.29, 0.717) is 12.2 Å². The number of methoxy groups -OCH3 is 1. The molecule has 1 unspecified atom stereocenters. The Morgan fingerprint density at radius 3 is 2.42 bits per heavy atom. The Hall–Kier alpha value is -2.92. The number of carbonyl (C=O) groups excluding carboxylic acids is 2. The standard InChI is InChI=1S/C26H31NO4/c1-16-8-7-9-18(14-16)22-21(24(29)25(30)27(22)12-13-31-6)23(28)20-15-19(26(3,4)5)11-10-17(20)2/h7-11,14-15,22,28H,12-13H2,1-6H3/b23-21+. The van der Waals surface area contributed by atoms with Gasteiger partial charge in [0, 0.05) is 19.2 Å². The van der Waals surface area contributed by atoms with Crippen LogP contribution in [-0.2, 0) is 19.7 Å². The van der Waals surface area contributed by atoms with E-state index in [4.69, 9.17) is 4.74 Å². The van der Waals surface area contributed by atoms with Crippen molar-refractivity contribution in [3.8, 4) is 0 Å². The van der Waals surface area contributed by atoms with Crippen LogP contribution in [0.3, 0.4) is 0 Å². The monoisotopic (exact) mass is 421 g/mol. The SMILES string of the molecule is COCCN1C(=O)C(=O)/C(=C(/O)c2cc(C(C)(C)C)ccc2C)C1c1cccc(C)c1. The summed E-state index contributed by atoms with van der Waals surface area (Å²) < 4.78 is 5.16. The molecule has 0 bridgehead atoms. The summed E-state index contributed by atoms with van der Waals surface area (Å²) in [5.74, 6) is -1.41. The summed E-state index contributed by atoms with van der Waals surface area (Å²) in [6, 6.07) is 12.9. The van der Waals surface area contributed by atoms with Crippen LogP contribution in [-0.4, -0.2) is 42.0 Å². The molecule has 1 saturated heterocycles. The molecule has 0 saturated carbocycles. The lowest BCUT2D eigenvalue weighted by molar-refractivity contribution is -0.140. The second-order valence-electron chi connectivity index (χ2n) is 9.18. The number of aliphatic hydroxyl groups excluding tert-OH is 1. The lowest BCUT2D eigenvalue weighted by atomic mass is 9.84. The molecule has 1 aliphatic heterocycles. The highest BCUT2D eigenvalue weighted by molar-refractivity contribution is 6.46. The van der Waals surface area contributed by atoms with E-state index >= 15 is 0 Å². The molecule has 2 aromatic rings. The fourth-order valence-corrected chi connectivity index (χ4v) is 3.98. The van der Waals surface area contributed by atoms with Crippen molar-refractivity contribution in [2.24, 2.45) is 0 Å². The third-order valence-electron chi connectivity index (χ3n) is 5.79. The summed E-state index contributed by atoms with van der Waals surface area (Å²) in [6.45, 7) is 10.7. The van der Waals surface area contributed by atoms with Crippen molar-refractivity contribution in [3.05, 3.63) is 75.9 Å². The Morgan fingerprint density at radius 2 is 1.81 bits per heavy atom. The zero-order chi connectivity index (χ0) is 22.9. The molecule has 5 heteroatoms. The minimum absolute atomic E-state index is 0.122. The molecule has 0 aromatic heterocycles. The topological polar surface area (TPSA) is 66.8 Å². The van der Waals surface area contributed by atoms with E-state index in [2.05, 4.69) is 20.8 Å². The molecule has 1 amide bonds. The first kappa shape index (κ1) is 22.8. The molecule has 31 heavy (non-hydrogen) atoms. The molecule has 0 spiro atoms. The third kappa shape index (κ3) is 4.42. The summed E-state index contributed by atoms with van der Waals surface area (Å²) in [5.41, 5.74) is 4.28. The Bertz CT molecular complexity index is 1050. The second kappa shape index (κ2) is 8.67. The van der Waals surface area contributed by atoms with Crippen molar-refractivity contribution in [2.45, 2.75) is 46.1 Å². The largest absolute Gasteiger partial charge is 0.507 e. The van der Waals surface area contributed by atoms with Gasteiger partial charge in [0.05, 0.1) is 18.2 Å². The van der Waals surface area contributed by atoms with Crippen molar-refractivity contribution in [1.82, 2.24) is 4.90 Å².